The Labute approximate surface area is 132 Å². The van der Waals surface area contributed by atoms with Gasteiger partial charge in [0.25, 0.3) is 0 Å². The van der Waals surface area contributed by atoms with Gasteiger partial charge in [-0.25, -0.2) is 4.98 Å². The lowest BCUT2D eigenvalue weighted by molar-refractivity contribution is 0.776. The van der Waals surface area contributed by atoms with Crippen LogP contribution >= 0.6 is 24.0 Å². The van der Waals surface area contributed by atoms with Crippen molar-refractivity contribution in [3.63, 3.8) is 0 Å². The van der Waals surface area contributed by atoms with E-state index in [2.05, 4.69) is 9.97 Å². The van der Waals surface area contributed by atoms with Crippen molar-refractivity contribution >= 4 is 24.0 Å². The van der Waals surface area contributed by atoms with Crippen molar-refractivity contribution in [2.45, 2.75) is 5.16 Å². The molecule has 0 aliphatic heterocycles. The Morgan fingerprint density at radius 2 is 1.52 bits per heavy atom. The molecule has 3 aromatic rings. The second-order valence-electron chi connectivity index (χ2n) is 4.35. The number of benzene rings is 2. The Balaban J connectivity index is 2.19. The fourth-order valence-corrected chi connectivity index (χ4v) is 2.93. The first kappa shape index (κ1) is 14.0. The van der Waals surface area contributed by atoms with Crippen molar-refractivity contribution in [3.05, 3.63) is 65.4 Å². The zero-order valence-corrected chi connectivity index (χ0v) is 13.1. The summed E-state index contributed by atoms with van der Waals surface area (Å²) in [6, 6.07) is 19.8. The predicted molar refractivity (Wildman–Crippen MR) is 89.4 cm³/mol. The molecule has 0 radical (unpaired) electrons. The van der Waals surface area contributed by atoms with Gasteiger partial charge in [-0.1, -0.05) is 60.3 Å². The quantitative estimate of drug-likeness (QED) is 0.530. The van der Waals surface area contributed by atoms with Crippen molar-refractivity contribution in [3.8, 4) is 17.1 Å². The number of nitrogens with zero attached hydrogens (tertiary/aromatic N) is 3. The first-order chi connectivity index (χ1) is 10.3. The van der Waals surface area contributed by atoms with E-state index < -0.39 is 0 Å². The molecule has 104 valence electrons. The molecule has 3 nitrogen and oxygen atoms in total. The number of thioether (sulfide) groups is 1. The van der Waals surface area contributed by atoms with E-state index in [0.717, 1.165) is 16.4 Å². The number of hydrogen-bond donors (Lipinski definition) is 0. The molecular formula is C16H13N3S2. The van der Waals surface area contributed by atoms with Crippen molar-refractivity contribution < 1.29 is 0 Å². The highest BCUT2D eigenvalue weighted by molar-refractivity contribution is 7.98. The van der Waals surface area contributed by atoms with Crippen LogP contribution in [0.5, 0.6) is 0 Å². The van der Waals surface area contributed by atoms with Gasteiger partial charge in [-0.3, -0.25) is 4.57 Å². The van der Waals surface area contributed by atoms with Crippen LogP contribution in [0.15, 0.2) is 65.8 Å². The molecule has 0 aliphatic rings. The summed E-state index contributed by atoms with van der Waals surface area (Å²) in [6.45, 7) is 0. The van der Waals surface area contributed by atoms with Gasteiger partial charge >= 0.3 is 0 Å². The SMILES string of the molecule is CSc1nc(-c2ccccc2)nc(=S)n1-c1ccccc1. The third-order valence-corrected chi connectivity index (χ3v) is 3.93. The number of aromatic nitrogens is 3. The van der Waals surface area contributed by atoms with Gasteiger partial charge in [0, 0.05) is 5.56 Å². The van der Waals surface area contributed by atoms with Crippen LogP contribution in [0.2, 0.25) is 0 Å². The van der Waals surface area contributed by atoms with Crippen molar-refractivity contribution in [1.82, 2.24) is 14.5 Å². The van der Waals surface area contributed by atoms with Gasteiger partial charge in [-0.2, -0.15) is 4.98 Å². The van der Waals surface area contributed by atoms with E-state index in [-0.39, 0.29) is 0 Å². The van der Waals surface area contributed by atoms with Gasteiger partial charge in [0.05, 0.1) is 5.69 Å². The van der Waals surface area contributed by atoms with Crippen LogP contribution in [0.1, 0.15) is 0 Å². The molecule has 0 saturated heterocycles. The van der Waals surface area contributed by atoms with Crippen molar-refractivity contribution in [2.24, 2.45) is 0 Å². The van der Waals surface area contributed by atoms with E-state index in [4.69, 9.17) is 12.2 Å². The van der Waals surface area contributed by atoms with E-state index in [1.54, 1.807) is 11.8 Å². The van der Waals surface area contributed by atoms with Crippen LogP contribution < -0.4 is 0 Å². The number of hydrogen-bond acceptors (Lipinski definition) is 4. The summed E-state index contributed by atoms with van der Waals surface area (Å²) < 4.78 is 2.41. The van der Waals surface area contributed by atoms with E-state index >= 15 is 0 Å². The summed E-state index contributed by atoms with van der Waals surface area (Å²) >= 11 is 7.03. The molecule has 0 unspecified atom stereocenters. The lowest BCUT2D eigenvalue weighted by Gasteiger charge is -2.12. The first-order valence-corrected chi connectivity index (χ1v) is 8.09. The average molecular weight is 311 g/mol. The zero-order chi connectivity index (χ0) is 14.7. The zero-order valence-electron chi connectivity index (χ0n) is 11.4. The topological polar surface area (TPSA) is 30.7 Å². The normalized spacial score (nSPS) is 10.5. The van der Waals surface area contributed by atoms with Gasteiger partial charge in [-0.15, -0.1) is 0 Å². The molecule has 0 N–H and O–H groups in total. The highest BCUT2D eigenvalue weighted by atomic mass is 32.2. The second-order valence-corrected chi connectivity index (χ2v) is 5.49. The molecule has 0 spiro atoms. The Kier molecular flexibility index (Phi) is 4.13. The fourth-order valence-electron chi connectivity index (χ4n) is 2.04. The van der Waals surface area contributed by atoms with Gasteiger partial charge in [0.1, 0.15) is 0 Å². The average Bonchev–Trinajstić information content (AvgIpc) is 2.55. The molecule has 0 amide bonds. The largest absolute Gasteiger partial charge is 0.264 e. The molecular weight excluding hydrogens is 298 g/mol. The molecule has 5 heteroatoms. The minimum Gasteiger partial charge on any atom is -0.264 e. The first-order valence-electron chi connectivity index (χ1n) is 6.45. The van der Waals surface area contributed by atoms with Gasteiger partial charge in [-0.05, 0) is 30.6 Å². The monoisotopic (exact) mass is 311 g/mol. The molecule has 0 aliphatic carbocycles. The summed E-state index contributed by atoms with van der Waals surface area (Å²) in [7, 11) is 0. The molecule has 0 saturated carbocycles. The van der Waals surface area contributed by atoms with Crippen LogP contribution in [-0.2, 0) is 0 Å². The van der Waals surface area contributed by atoms with Crippen LogP contribution in [-0.4, -0.2) is 20.8 Å². The van der Waals surface area contributed by atoms with E-state index in [1.807, 2.05) is 71.5 Å². The molecule has 2 aromatic carbocycles. The third-order valence-electron chi connectivity index (χ3n) is 3.01. The van der Waals surface area contributed by atoms with Gasteiger partial charge in [0.15, 0.2) is 11.0 Å². The van der Waals surface area contributed by atoms with Crippen LogP contribution in [0.25, 0.3) is 17.1 Å². The molecule has 1 heterocycles. The van der Waals surface area contributed by atoms with Crippen LogP contribution in [0.4, 0.5) is 0 Å². The lowest BCUT2D eigenvalue weighted by atomic mass is 10.2. The Morgan fingerprint density at radius 3 is 2.14 bits per heavy atom. The maximum atomic E-state index is 5.47. The molecule has 0 bridgehead atoms. The van der Waals surface area contributed by atoms with Crippen LogP contribution in [0, 0.1) is 4.77 Å². The van der Waals surface area contributed by atoms with Gasteiger partial charge in [0.2, 0.25) is 4.77 Å². The summed E-state index contributed by atoms with van der Waals surface area (Å²) in [5, 5.41) is 0.833. The number of para-hydroxylation sites is 1. The summed E-state index contributed by atoms with van der Waals surface area (Å²) in [5.41, 5.74) is 1.95. The maximum absolute atomic E-state index is 5.47. The Morgan fingerprint density at radius 1 is 0.905 bits per heavy atom. The van der Waals surface area contributed by atoms with Crippen molar-refractivity contribution in [2.75, 3.05) is 6.26 Å². The standard InChI is InChI=1S/C16H13N3S2/c1-21-16-18-14(12-8-4-2-5-9-12)17-15(20)19(16)13-10-6-3-7-11-13/h2-11H,1H3. The Bertz CT molecular complexity index is 799. The summed E-state index contributed by atoms with van der Waals surface area (Å²) in [5.74, 6) is 0.664. The third kappa shape index (κ3) is 2.89. The molecule has 21 heavy (non-hydrogen) atoms. The minimum absolute atomic E-state index is 0.513. The molecule has 1 aromatic heterocycles. The van der Waals surface area contributed by atoms with Crippen LogP contribution in [0.3, 0.4) is 0 Å². The molecule has 0 fully saturated rings. The Hall–Kier alpha value is -1.98. The highest BCUT2D eigenvalue weighted by Crippen LogP contribution is 2.22. The lowest BCUT2D eigenvalue weighted by Crippen LogP contribution is -2.07. The smallest absolute Gasteiger partial charge is 0.208 e. The minimum atomic E-state index is 0.513. The molecule has 3 rings (SSSR count). The van der Waals surface area contributed by atoms with E-state index in [1.165, 1.54) is 0 Å². The van der Waals surface area contributed by atoms with E-state index in [9.17, 15) is 0 Å². The highest BCUT2D eigenvalue weighted by Gasteiger charge is 2.10. The summed E-state index contributed by atoms with van der Waals surface area (Å²) in [6.07, 6.45) is 1.99. The number of rotatable bonds is 3. The maximum Gasteiger partial charge on any atom is 0.208 e. The fraction of sp³-hybridized carbons (Fsp3) is 0.0625. The van der Waals surface area contributed by atoms with Gasteiger partial charge < -0.3 is 0 Å². The van der Waals surface area contributed by atoms with Crippen molar-refractivity contribution in [1.29, 1.82) is 0 Å². The molecule has 0 atom stereocenters. The summed E-state index contributed by atoms with van der Waals surface area (Å²) in [4.78, 5) is 9.13. The predicted octanol–water partition coefficient (Wildman–Crippen LogP) is 4.39. The second kappa shape index (κ2) is 6.20. The van der Waals surface area contributed by atoms with E-state index in [0.29, 0.717) is 10.6 Å².